The molecule has 2 heterocycles. The number of aromatic nitrogens is 3. The van der Waals surface area contributed by atoms with Crippen LogP contribution in [0.3, 0.4) is 0 Å². The van der Waals surface area contributed by atoms with Crippen LogP contribution in [-0.2, 0) is 12.8 Å². The SMILES string of the molecule is CCc1c(-c2cc3cc(C(=O)NCCN(C)C)ccc3[nH]2)n[nH]c1CC(C)(C)C. The molecule has 3 rings (SSSR count). The van der Waals surface area contributed by atoms with Gasteiger partial charge in [0.15, 0.2) is 0 Å². The summed E-state index contributed by atoms with van der Waals surface area (Å²) in [6.07, 6.45) is 1.88. The minimum atomic E-state index is -0.0435. The molecule has 0 bridgehead atoms. The number of aromatic amines is 2. The molecule has 0 fully saturated rings. The van der Waals surface area contributed by atoms with Crippen molar-refractivity contribution in [1.82, 2.24) is 25.4 Å². The highest BCUT2D eigenvalue weighted by Crippen LogP contribution is 2.30. The Morgan fingerprint density at radius 3 is 2.62 bits per heavy atom. The predicted molar refractivity (Wildman–Crippen MR) is 119 cm³/mol. The van der Waals surface area contributed by atoms with Crippen LogP contribution in [0.15, 0.2) is 24.3 Å². The fourth-order valence-corrected chi connectivity index (χ4v) is 3.58. The van der Waals surface area contributed by atoms with E-state index in [1.807, 2.05) is 37.2 Å². The number of H-pyrrole nitrogens is 2. The molecule has 0 saturated carbocycles. The molecule has 0 aliphatic carbocycles. The number of rotatable bonds is 7. The summed E-state index contributed by atoms with van der Waals surface area (Å²) in [5.41, 5.74) is 6.30. The van der Waals surface area contributed by atoms with Gasteiger partial charge in [-0.25, -0.2) is 0 Å². The second-order valence-corrected chi connectivity index (χ2v) is 9.16. The minimum absolute atomic E-state index is 0.0435. The largest absolute Gasteiger partial charge is 0.353 e. The van der Waals surface area contributed by atoms with Crippen molar-refractivity contribution in [3.63, 3.8) is 0 Å². The van der Waals surface area contributed by atoms with E-state index in [4.69, 9.17) is 0 Å². The van der Waals surface area contributed by atoms with E-state index >= 15 is 0 Å². The Kier molecular flexibility index (Phi) is 6.13. The van der Waals surface area contributed by atoms with Gasteiger partial charge in [-0.2, -0.15) is 5.10 Å². The summed E-state index contributed by atoms with van der Waals surface area (Å²) >= 11 is 0. The standard InChI is InChI=1S/C23H33N5O/c1-7-17-20(14-23(2,3)4)26-27-21(17)19-13-16-12-15(8-9-18(16)25-19)22(29)24-10-11-28(5)6/h8-9,12-13,25H,7,10-11,14H2,1-6H3,(H,24,29)(H,26,27). The van der Waals surface area contributed by atoms with Gasteiger partial charge in [0, 0.05) is 40.8 Å². The fourth-order valence-electron chi connectivity index (χ4n) is 3.58. The summed E-state index contributed by atoms with van der Waals surface area (Å²) in [5.74, 6) is -0.0435. The fraction of sp³-hybridized carbons (Fsp3) is 0.478. The normalized spacial score (nSPS) is 12.1. The lowest BCUT2D eigenvalue weighted by molar-refractivity contribution is 0.0951. The van der Waals surface area contributed by atoms with Crippen molar-refractivity contribution < 1.29 is 4.79 Å². The second kappa shape index (κ2) is 8.41. The van der Waals surface area contributed by atoms with Crippen LogP contribution in [0.5, 0.6) is 0 Å². The Balaban J connectivity index is 1.86. The summed E-state index contributed by atoms with van der Waals surface area (Å²) in [6.45, 7) is 10.3. The number of hydrogen-bond donors (Lipinski definition) is 3. The first-order valence-electron chi connectivity index (χ1n) is 10.3. The number of amides is 1. The Hall–Kier alpha value is -2.60. The Morgan fingerprint density at radius 2 is 1.97 bits per heavy atom. The summed E-state index contributed by atoms with van der Waals surface area (Å²) in [6, 6.07) is 7.86. The van der Waals surface area contributed by atoms with Gasteiger partial charge in [0.25, 0.3) is 5.91 Å². The molecule has 2 aromatic heterocycles. The number of nitrogens with zero attached hydrogens (tertiary/aromatic N) is 2. The van der Waals surface area contributed by atoms with Gasteiger partial charge in [-0.3, -0.25) is 9.89 Å². The first-order chi connectivity index (χ1) is 13.7. The first kappa shape index (κ1) is 21.1. The Morgan fingerprint density at radius 1 is 1.21 bits per heavy atom. The van der Waals surface area contributed by atoms with E-state index in [0.717, 1.165) is 41.7 Å². The molecule has 6 nitrogen and oxygen atoms in total. The molecule has 0 aliphatic heterocycles. The molecule has 0 unspecified atom stereocenters. The number of benzene rings is 1. The third-order valence-corrected chi connectivity index (χ3v) is 5.00. The average Bonchev–Trinajstić information content (AvgIpc) is 3.22. The molecule has 0 aliphatic rings. The molecule has 6 heteroatoms. The predicted octanol–water partition coefficient (Wildman–Crippen LogP) is 4.00. The molecule has 0 atom stereocenters. The van der Waals surface area contributed by atoms with Crippen molar-refractivity contribution in [2.24, 2.45) is 5.41 Å². The molecule has 1 aromatic carbocycles. The van der Waals surface area contributed by atoms with Crippen molar-refractivity contribution in [2.75, 3.05) is 27.2 Å². The van der Waals surface area contributed by atoms with Crippen molar-refractivity contribution in [3.8, 4) is 11.4 Å². The maximum Gasteiger partial charge on any atom is 0.251 e. The van der Waals surface area contributed by atoms with Crippen LogP contribution in [-0.4, -0.2) is 53.2 Å². The maximum absolute atomic E-state index is 12.4. The number of carbonyl (C=O) groups excluding carboxylic acids is 1. The van der Waals surface area contributed by atoms with Crippen molar-refractivity contribution in [1.29, 1.82) is 0 Å². The molecule has 1 amide bonds. The second-order valence-electron chi connectivity index (χ2n) is 9.16. The van der Waals surface area contributed by atoms with E-state index < -0.39 is 0 Å². The lowest BCUT2D eigenvalue weighted by Gasteiger charge is -2.17. The molecule has 156 valence electrons. The summed E-state index contributed by atoms with van der Waals surface area (Å²) in [4.78, 5) is 17.9. The van der Waals surface area contributed by atoms with E-state index in [9.17, 15) is 4.79 Å². The minimum Gasteiger partial charge on any atom is -0.353 e. The molecule has 0 spiro atoms. The summed E-state index contributed by atoms with van der Waals surface area (Å²) < 4.78 is 0. The number of fused-ring (bicyclic) bond motifs is 1. The van der Waals surface area contributed by atoms with Crippen LogP contribution in [0.4, 0.5) is 0 Å². The topological polar surface area (TPSA) is 76.8 Å². The molecule has 3 N–H and O–H groups in total. The lowest BCUT2D eigenvalue weighted by Crippen LogP contribution is -2.31. The van der Waals surface area contributed by atoms with Gasteiger partial charge in [-0.15, -0.1) is 0 Å². The summed E-state index contributed by atoms with van der Waals surface area (Å²) in [7, 11) is 3.98. The zero-order valence-corrected chi connectivity index (χ0v) is 18.4. The van der Waals surface area contributed by atoms with Gasteiger partial charge in [-0.05, 0) is 56.6 Å². The van der Waals surface area contributed by atoms with Gasteiger partial charge < -0.3 is 15.2 Å². The van der Waals surface area contributed by atoms with Gasteiger partial charge in [0.2, 0.25) is 0 Å². The molecule has 3 aromatic rings. The van der Waals surface area contributed by atoms with Crippen LogP contribution < -0.4 is 5.32 Å². The molecular weight excluding hydrogens is 362 g/mol. The highest BCUT2D eigenvalue weighted by atomic mass is 16.1. The zero-order valence-electron chi connectivity index (χ0n) is 18.4. The summed E-state index contributed by atoms with van der Waals surface area (Å²) in [5, 5.41) is 11.8. The van der Waals surface area contributed by atoms with E-state index in [0.29, 0.717) is 12.1 Å². The van der Waals surface area contributed by atoms with Crippen LogP contribution in [0.25, 0.3) is 22.3 Å². The highest BCUT2D eigenvalue weighted by molar-refractivity contribution is 5.99. The highest BCUT2D eigenvalue weighted by Gasteiger charge is 2.20. The quantitative estimate of drug-likeness (QED) is 0.566. The Labute approximate surface area is 173 Å². The Bertz CT molecular complexity index is 991. The van der Waals surface area contributed by atoms with Crippen molar-refractivity contribution in [3.05, 3.63) is 41.1 Å². The molecule has 29 heavy (non-hydrogen) atoms. The van der Waals surface area contributed by atoms with E-state index in [1.54, 1.807) is 0 Å². The number of hydrogen-bond acceptors (Lipinski definition) is 3. The molecular formula is C23H33N5O. The van der Waals surface area contributed by atoms with Gasteiger partial charge >= 0.3 is 0 Å². The smallest absolute Gasteiger partial charge is 0.251 e. The third-order valence-electron chi connectivity index (χ3n) is 5.00. The average molecular weight is 396 g/mol. The monoisotopic (exact) mass is 395 g/mol. The van der Waals surface area contributed by atoms with Gasteiger partial charge in [-0.1, -0.05) is 27.7 Å². The van der Waals surface area contributed by atoms with Crippen LogP contribution in [0.2, 0.25) is 0 Å². The number of likely N-dealkylation sites (N-methyl/N-ethyl adjacent to an activating group) is 1. The van der Waals surface area contributed by atoms with Crippen molar-refractivity contribution >= 4 is 16.8 Å². The van der Waals surface area contributed by atoms with E-state index in [1.165, 1.54) is 11.3 Å². The van der Waals surface area contributed by atoms with E-state index in [-0.39, 0.29) is 11.3 Å². The van der Waals surface area contributed by atoms with Crippen LogP contribution in [0.1, 0.15) is 49.3 Å². The van der Waals surface area contributed by atoms with Crippen LogP contribution >= 0.6 is 0 Å². The third kappa shape index (κ3) is 5.07. The van der Waals surface area contributed by atoms with Crippen LogP contribution in [0, 0.1) is 5.41 Å². The van der Waals surface area contributed by atoms with Gasteiger partial charge in [0.1, 0.15) is 5.69 Å². The maximum atomic E-state index is 12.4. The first-order valence-corrected chi connectivity index (χ1v) is 10.3. The molecule has 0 saturated heterocycles. The number of nitrogens with one attached hydrogen (secondary N) is 3. The van der Waals surface area contributed by atoms with Gasteiger partial charge in [0.05, 0.1) is 5.69 Å². The zero-order chi connectivity index (χ0) is 21.2. The van der Waals surface area contributed by atoms with E-state index in [2.05, 4.69) is 54.3 Å². The lowest BCUT2D eigenvalue weighted by atomic mass is 9.88. The molecule has 0 radical (unpaired) electrons. The number of carbonyl (C=O) groups is 1. The van der Waals surface area contributed by atoms with Crippen molar-refractivity contribution in [2.45, 2.75) is 40.5 Å².